The molecule has 3 unspecified atom stereocenters. The third-order valence-electron chi connectivity index (χ3n) is 5.82. The summed E-state index contributed by atoms with van der Waals surface area (Å²) < 4.78 is 2.02. The Morgan fingerprint density at radius 1 is 1.26 bits per heavy atom. The average Bonchev–Trinajstić information content (AvgIpc) is 3.35. The van der Waals surface area contributed by atoms with Crippen molar-refractivity contribution in [1.82, 2.24) is 19.8 Å². The molecule has 0 spiro atoms. The number of imidazole rings is 1. The van der Waals surface area contributed by atoms with Gasteiger partial charge in [0.25, 0.3) is 0 Å². The zero-order chi connectivity index (χ0) is 18.3. The van der Waals surface area contributed by atoms with Gasteiger partial charge >= 0.3 is 0 Å². The monoisotopic (exact) mass is 388 g/mol. The van der Waals surface area contributed by atoms with Crippen LogP contribution in [0.4, 0.5) is 0 Å². The van der Waals surface area contributed by atoms with E-state index in [0.717, 1.165) is 31.9 Å². The van der Waals surface area contributed by atoms with Crippen LogP contribution in [-0.2, 0) is 11.8 Å². The van der Waals surface area contributed by atoms with E-state index >= 15 is 0 Å². The molecule has 1 saturated carbocycles. The van der Waals surface area contributed by atoms with Gasteiger partial charge in [0.2, 0.25) is 5.91 Å². The van der Waals surface area contributed by atoms with Crippen molar-refractivity contribution >= 4 is 18.3 Å². The van der Waals surface area contributed by atoms with Crippen molar-refractivity contribution in [1.29, 1.82) is 0 Å². The number of halogens is 1. The number of piperazine rings is 1. The molecule has 5 nitrogen and oxygen atoms in total. The maximum atomic E-state index is 13.2. The summed E-state index contributed by atoms with van der Waals surface area (Å²) in [6.45, 7) is 6.80. The quantitative estimate of drug-likeness (QED) is 0.874. The molecule has 2 heterocycles. The molecule has 1 aromatic carbocycles. The molecule has 2 aromatic rings. The molecule has 1 amide bonds. The number of carbonyl (C=O) groups is 1. The van der Waals surface area contributed by atoms with E-state index in [1.807, 2.05) is 28.9 Å². The molecule has 6 heteroatoms. The molecule has 0 bridgehead atoms. The minimum Gasteiger partial charge on any atom is -0.336 e. The molecule has 3 atom stereocenters. The Labute approximate surface area is 167 Å². The Kier molecular flexibility index (Phi) is 5.92. The van der Waals surface area contributed by atoms with E-state index < -0.39 is 0 Å². The second-order valence-electron chi connectivity index (χ2n) is 7.92. The first-order chi connectivity index (χ1) is 12.6. The second-order valence-corrected chi connectivity index (χ2v) is 7.92. The number of hydrogen-bond donors (Lipinski definition) is 1. The molecule has 27 heavy (non-hydrogen) atoms. The SMILES string of the molecule is CC(C)c1ccc(C2CC2C(=O)N2CCNCC2c2nccn2C)cc1.Cl. The van der Waals surface area contributed by atoms with Crippen LogP contribution >= 0.6 is 12.4 Å². The molecule has 1 aliphatic carbocycles. The number of aromatic nitrogens is 2. The lowest BCUT2D eigenvalue weighted by atomic mass is 9.99. The van der Waals surface area contributed by atoms with E-state index in [9.17, 15) is 4.79 Å². The summed E-state index contributed by atoms with van der Waals surface area (Å²) in [5.74, 6) is 2.29. The van der Waals surface area contributed by atoms with E-state index in [1.54, 1.807) is 0 Å². The highest BCUT2D eigenvalue weighted by Gasteiger charge is 2.47. The van der Waals surface area contributed by atoms with Gasteiger partial charge in [-0.2, -0.15) is 0 Å². The Morgan fingerprint density at radius 2 is 2.00 bits per heavy atom. The number of carbonyl (C=O) groups excluding carboxylic acids is 1. The van der Waals surface area contributed by atoms with Gasteiger partial charge in [-0.3, -0.25) is 4.79 Å². The Hall–Kier alpha value is -1.85. The van der Waals surface area contributed by atoms with Crippen molar-refractivity contribution in [2.45, 2.75) is 38.1 Å². The lowest BCUT2D eigenvalue weighted by Crippen LogP contribution is -2.50. The van der Waals surface area contributed by atoms with Gasteiger partial charge in [0.1, 0.15) is 11.9 Å². The number of benzene rings is 1. The van der Waals surface area contributed by atoms with Gasteiger partial charge in [0.05, 0.1) is 0 Å². The van der Waals surface area contributed by atoms with E-state index in [-0.39, 0.29) is 30.3 Å². The van der Waals surface area contributed by atoms with Gasteiger partial charge < -0.3 is 14.8 Å². The van der Waals surface area contributed by atoms with Crippen LogP contribution in [0.3, 0.4) is 0 Å². The summed E-state index contributed by atoms with van der Waals surface area (Å²) in [6.07, 6.45) is 4.72. The van der Waals surface area contributed by atoms with Crippen molar-refractivity contribution in [3.8, 4) is 0 Å². The number of nitrogens with one attached hydrogen (secondary N) is 1. The highest BCUT2D eigenvalue weighted by Crippen LogP contribution is 2.49. The standard InChI is InChI=1S/C21H28N4O.ClH/c1-14(2)15-4-6-16(7-5-15)17-12-18(17)21(26)25-11-8-22-13-19(25)20-23-9-10-24(20)3;/h4-7,9-10,14,17-19,22H,8,11-13H2,1-3H3;1H. The first-order valence-corrected chi connectivity index (χ1v) is 9.64. The summed E-state index contributed by atoms with van der Waals surface area (Å²) in [5, 5.41) is 3.41. The molecule has 1 N–H and O–H groups in total. The Balaban J connectivity index is 0.00000210. The zero-order valence-corrected chi connectivity index (χ0v) is 17.1. The summed E-state index contributed by atoms with van der Waals surface area (Å²) in [6, 6.07) is 8.87. The zero-order valence-electron chi connectivity index (χ0n) is 16.3. The molecule has 2 fully saturated rings. The van der Waals surface area contributed by atoms with Crippen LogP contribution in [0.25, 0.3) is 0 Å². The molecule has 0 radical (unpaired) electrons. The number of aryl methyl sites for hydroxylation is 1. The first kappa shape index (κ1) is 19.9. The second kappa shape index (κ2) is 8.03. The van der Waals surface area contributed by atoms with Crippen molar-refractivity contribution in [3.63, 3.8) is 0 Å². The number of nitrogens with zero attached hydrogens (tertiary/aromatic N) is 3. The number of rotatable bonds is 4. The molecule has 146 valence electrons. The van der Waals surface area contributed by atoms with Gasteiger partial charge in [-0.05, 0) is 29.4 Å². The molecule has 1 aromatic heterocycles. The third-order valence-corrected chi connectivity index (χ3v) is 5.82. The predicted octanol–water partition coefficient (Wildman–Crippen LogP) is 3.24. The predicted molar refractivity (Wildman–Crippen MR) is 109 cm³/mol. The van der Waals surface area contributed by atoms with Crippen molar-refractivity contribution < 1.29 is 4.79 Å². The fraction of sp³-hybridized carbons (Fsp3) is 0.524. The highest BCUT2D eigenvalue weighted by atomic mass is 35.5. The number of amides is 1. The van der Waals surface area contributed by atoms with Gasteiger partial charge in [0.15, 0.2) is 0 Å². The Morgan fingerprint density at radius 3 is 2.63 bits per heavy atom. The first-order valence-electron chi connectivity index (χ1n) is 9.64. The van der Waals surface area contributed by atoms with E-state index in [0.29, 0.717) is 11.8 Å². The van der Waals surface area contributed by atoms with Crippen LogP contribution < -0.4 is 5.32 Å². The summed E-state index contributed by atoms with van der Waals surface area (Å²) in [7, 11) is 2.00. The van der Waals surface area contributed by atoms with Crippen molar-refractivity contribution in [2.75, 3.05) is 19.6 Å². The van der Waals surface area contributed by atoms with Gasteiger partial charge in [-0.1, -0.05) is 38.1 Å². The van der Waals surface area contributed by atoms with E-state index in [2.05, 4.69) is 48.4 Å². The van der Waals surface area contributed by atoms with Crippen LogP contribution in [0.2, 0.25) is 0 Å². The maximum absolute atomic E-state index is 13.2. The minimum absolute atomic E-state index is 0. The molecular weight excluding hydrogens is 360 g/mol. The van der Waals surface area contributed by atoms with Crippen LogP contribution in [0.5, 0.6) is 0 Å². The van der Waals surface area contributed by atoms with Gasteiger partial charge in [-0.15, -0.1) is 12.4 Å². The topological polar surface area (TPSA) is 50.2 Å². The summed E-state index contributed by atoms with van der Waals surface area (Å²) in [5.41, 5.74) is 2.66. The highest BCUT2D eigenvalue weighted by molar-refractivity contribution is 5.85. The van der Waals surface area contributed by atoms with Crippen molar-refractivity contribution in [3.05, 3.63) is 53.6 Å². The normalized spacial score (nSPS) is 24.6. The van der Waals surface area contributed by atoms with Crippen LogP contribution in [0.1, 0.15) is 55.1 Å². The molecule has 2 aliphatic rings. The Bertz CT molecular complexity index is 786. The van der Waals surface area contributed by atoms with Crippen LogP contribution in [0.15, 0.2) is 36.7 Å². The fourth-order valence-corrected chi connectivity index (χ4v) is 4.07. The smallest absolute Gasteiger partial charge is 0.227 e. The van der Waals surface area contributed by atoms with Crippen molar-refractivity contribution in [2.24, 2.45) is 13.0 Å². The number of hydrogen-bond acceptors (Lipinski definition) is 3. The molecule has 1 aliphatic heterocycles. The van der Waals surface area contributed by atoms with E-state index in [1.165, 1.54) is 11.1 Å². The summed E-state index contributed by atoms with van der Waals surface area (Å²) >= 11 is 0. The molecule has 4 rings (SSSR count). The van der Waals surface area contributed by atoms with Crippen LogP contribution in [0, 0.1) is 5.92 Å². The third kappa shape index (κ3) is 3.90. The van der Waals surface area contributed by atoms with Gasteiger partial charge in [0, 0.05) is 45.0 Å². The molecular formula is C21H29ClN4O. The summed E-state index contributed by atoms with van der Waals surface area (Å²) in [4.78, 5) is 19.7. The largest absolute Gasteiger partial charge is 0.336 e. The average molecular weight is 389 g/mol. The lowest BCUT2D eigenvalue weighted by molar-refractivity contribution is -0.136. The molecule has 1 saturated heterocycles. The van der Waals surface area contributed by atoms with Crippen LogP contribution in [-0.4, -0.2) is 40.0 Å². The minimum atomic E-state index is 0. The van der Waals surface area contributed by atoms with E-state index in [4.69, 9.17) is 0 Å². The fourth-order valence-electron chi connectivity index (χ4n) is 4.07. The lowest BCUT2D eigenvalue weighted by Gasteiger charge is -2.36. The van der Waals surface area contributed by atoms with Gasteiger partial charge in [-0.25, -0.2) is 4.98 Å². The maximum Gasteiger partial charge on any atom is 0.227 e.